The molecule has 7 nitrogen and oxygen atoms in total. The van der Waals surface area contributed by atoms with E-state index >= 15 is 0 Å². The molecule has 0 spiro atoms. The minimum Gasteiger partial charge on any atom is -0.393 e. The summed E-state index contributed by atoms with van der Waals surface area (Å²) in [6.45, 7) is 7.10. The fourth-order valence-electron chi connectivity index (χ4n) is 9.47. The molecule has 0 aromatic carbocycles. The van der Waals surface area contributed by atoms with Crippen molar-refractivity contribution in [3.05, 3.63) is 0 Å². The van der Waals surface area contributed by atoms with Crippen LogP contribution in [0.2, 0.25) is 0 Å². The maximum absolute atomic E-state index is 11.7. The maximum atomic E-state index is 11.7. The Balaban J connectivity index is 1.43. The lowest BCUT2D eigenvalue weighted by Gasteiger charge is -2.62. The predicted molar refractivity (Wildman–Crippen MR) is 130 cm³/mol. The lowest BCUT2D eigenvalue weighted by Crippen LogP contribution is -2.57. The first kappa shape index (κ1) is 26.5. The molecule has 0 aliphatic heterocycles. The van der Waals surface area contributed by atoms with Gasteiger partial charge in [0, 0.05) is 0 Å². The van der Waals surface area contributed by atoms with Crippen molar-refractivity contribution in [3.8, 4) is 0 Å². The highest BCUT2D eigenvalue weighted by Gasteiger charge is 2.61. The minimum absolute atomic E-state index is 0.178. The third kappa shape index (κ3) is 4.40. The van der Waals surface area contributed by atoms with Crippen LogP contribution in [0.4, 0.5) is 0 Å². The van der Waals surface area contributed by atoms with E-state index in [0.29, 0.717) is 41.9 Å². The molecule has 0 amide bonds. The summed E-state index contributed by atoms with van der Waals surface area (Å²) in [6, 6.07) is -1.63. The second-order valence-corrected chi connectivity index (χ2v) is 14.1. The average Bonchev–Trinajstić information content (AvgIpc) is 3.13. The van der Waals surface area contributed by atoms with Crippen molar-refractivity contribution in [2.75, 3.05) is 0 Å². The molecule has 196 valence electrons. The molecule has 4 saturated carbocycles. The standard InChI is InChI=1S/C26H45NO6S/c1-15(7-10-21(28)23(27)24(30)34(31,32)33)17-8-9-18-16-14-22(29)20-6-4-5-12-25(20,2)19(16)11-13-26(17,18)3/h15-23,28-29H,4-14,27H2,1-3H3,(H,31,32,33)/t15-,16?,17-,18?,19?,20?,21?,22+,23?,25-,26-/m1/s1. The van der Waals surface area contributed by atoms with Crippen LogP contribution in [-0.4, -0.2) is 46.5 Å². The van der Waals surface area contributed by atoms with Gasteiger partial charge in [0.25, 0.3) is 5.12 Å². The van der Waals surface area contributed by atoms with Gasteiger partial charge >= 0.3 is 10.1 Å². The Morgan fingerprint density at radius 2 is 1.68 bits per heavy atom. The summed E-state index contributed by atoms with van der Waals surface area (Å²) in [5, 5.41) is 19.9. The van der Waals surface area contributed by atoms with Crippen LogP contribution >= 0.6 is 0 Å². The number of aliphatic hydroxyl groups is 2. The van der Waals surface area contributed by atoms with Crippen LogP contribution in [0.25, 0.3) is 0 Å². The van der Waals surface area contributed by atoms with E-state index in [1.54, 1.807) is 0 Å². The van der Waals surface area contributed by atoms with Gasteiger partial charge in [0.1, 0.15) is 6.04 Å². The van der Waals surface area contributed by atoms with Gasteiger partial charge in [0.15, 0.2) is 0 Å². The number of carbonyl (C=O) groups excluding carboxylic acids is 1. The first-order valence-electron chi connectivity index (χ1n) is 13.4. The number of aliphatic hydroxyl groups excluding tert-OH is 2. The van der Waals surface area contributed by atoms with Crippen molar-refractivity contribution in [1.29, 1.82) is 0 Å². The zero-order valence-electron chi connectivity index (χ0n) is 21.0. The Morgan fingerprint density at radius 1 is 1.00 bits per heavy atom. The van der Waals surface area contributed by atoms with Gasteiger partial charge in [-0.05, 0) is 104 Å². The number of fused-ring (bicyclic) bond motifs is 5. The molecule has 4 rings (SSSR count). The van der Waals surface area contributed by atoms with Crippen molar-refractivity contribution < 1.29 is 28.0 Å². The second-order valence-electron chi connectivity index (χ2n) is 12.7. The molecule has 4 aliphatic rings. The first-order valence-corrected chi connectivity index (χ1v) is 14.9. The summed E-state index contributed by atoms with van der Waals surface area (Å²) in [7, 11) is -4.90. The topological polar surface area (TPSA) is 138 Å². The van der Waals surface area contributed by atoms with Gasteiger partial charge in [-0.2, -0.15) is 8.42 Å². The van der Waals surface area contributed by atoms with E-state index in [1.807, 2.05) is 0 Å². The lowest BCUT2D eigenvalue weighted by molar-refractivity contribution is -0.159. The van der Waals surface area contributed by atoms with E-state index in [-0.39, 0.29) is 23.4 Å². The van der Waals surface area contributed by atoms with Crippen LogP contribution in [-0.2, 0) is 14.9 Å². The van der Waals surface area contributed by atoms with E-state index in [0.717, 1.165) is 12.8 Å². The van der Waals surface area contributed by atoms with E-state index in [1.165, 1.54) is 44.9 Å². The number of hydrogen-bond acceptors (Lipinski definition) is 6. The zero-order valence-corrected chi connectivity index (χ0v) is 21.8. The van der Waals surface area contributed by atoms with Gasteiger partial charge in [0.2, 0.25) is 0 Å². The third-order valence-electron chi connectivity index (χ3n) is 11.2. The molecule has 0 bridgehead atoms. The monoisotopic (exact) mass is 499 g/mol. The second kappa shape index (κ2) is 9.40. The molecule has 0 aromatic rings. The summed E-state index contributed by atoms with van der Waals surface area (Å²) < 4.78 is 31.1. The number of nitrogens with two attached hydrogens (primary N) is 1. The normalized spacial score (nSPS) is 44.9. The molecule has 0 aromatic heterocycles. The average molecular weight is 500 g/mol. The molecule has 34 heavy (non-hydrogen) atoms. The zero-order chi connectivity index (χ0) is 25.1. The van der Waals surface area contributed by atoms with Gasteiger partial charge in [-0.15, -0.1) is 0 Å². The number of carbonyl (C=O) groups is 1. The van der Waals surface area contributed by atoms with Gasteiger partial charge in [-0.1, -0.05) is 33.6 Å². The number of rotatable bonds is 6. The Morgan fingerprint density at radius 3 is 2.35 bits per heavy atom. The van der Waals surface area contributed by atoms with Gasteiger partial charge < -0.3 is 15.9 Å². The van der Waals surface area contributed by atoms with Crippen LogP contribution in [0, 0.1) is 46.3 Å². The van der Waals surface area contributed by atoms with Crippen LogP contribution in [0.5, 0.6) is 0 Å². The molecule has 0 radical (unpaired) electrons. The van der Waals surface area contributed by atoms with E-state index in [4.69, 9.17) is 10.3 Å². The van der Waals surface area contributed by atoms with Crippen LogP contribution in [0.3, 0.4) is 0 Å². The summed E-state index contributed by atoms with van der Waals surface area (Å²) >= 11 is 0. The Bertz CT molecular complexity index is 879. The molecule has 0 heterocycles. The summed E-state index contributed by atoms with van der Waals surface area (Å²) in [5.74, 6) is 3.16. The molecule has 8 heteroatoms. The van der Waals surface area contributed by atoms with Crippen molar-refractivity contribution in [1.82, 2.24) is 0 Å². The molecule has 5 N–H and O–H groups in total. The third-order valence-corrected chi connectivity index (χ3v) is 12.0. The highest BCUT2D eigenvalue weighted by molar-refractivity contribution is 8.01. The molecular weight excluding hydrogens is 454 g/mol. The van der Waals surface area contributed by atoms with Crippen LogP contribution in [0.1, 0.15) is 91.4 Å². The molecule has 0 saturated heterocycles. The van der Waals surface area contributed by atoms with Crippen molar-refractivity contribution in [2.24, 2.45) is 52.1 Å². The van der Waals surface area contributed by atoms with Gasteiger partial charge in [0.05, 0.1) is 12.2 Å². The van der Waals surface area contributed by atoms with Gasteiger partial charge in [-0.25, -0.2) is 0 Å². The Kier molecular flexibility index (Phi) is 7.33. The van der Waals surface area contributed by atoms with Crippen molar-refractivity contribution in [3.63, 3.8) is 0 Å². The summed E-state index contributed by atoms with van der Waals surface area (Å²) in [6.07, 6.45) is 10.1. The molecule has 4 fully saturated rings. The van der Waals surface area contributed by atoms with Crippen LogP contribution in [0.15, 0.2) is 0 Å². The maximum Gasteiger partial charge on any atom is 0.330 e. The number of hydrogen-bond donors (Lipinski definition) is 4. The van der Waals surface area contributed by atoms with E-state index < -0.39 is 27.4 Å². The van der Waals surface area contributed by atoms with Crippen molar-refractivity contribution in [2.45, 2.75) is 110 Å². The highest BCUT2D eigenvalue weighted by Crippen LogP contribution is 2.68. The largest absolute Gasteiger partial charge is 0.393 e. The fourth-order valence-corrected chi connectivity index (χ4v) is 9.98. The predicted octanol–water partition coefficient (Wildman–Crippen LogP) is 3.53. The van der Waals surface area contributed by atoms with Crippen molar-refractivity contribution >= 4 is 15.2 Å². The Hall–Kier alpha value is -0.540. The quantitative estimate of drug-likeness (QED) is 0.410. The fraction of sp³-hybridized carbons (Fsp3) is 0.962. The van der Waals surface area contributed by atoms with Crippen LogP contribution < -0.4 is 5.73 Å². The summed E-state index contributed by atoms with van der Waals surface area (Å²) in [5.41, 5.74) is 6.08. The van der Waals surface area contributed by atoms with E-state index in [9.17, 15) is 23.4 Å². The molecule has 6 unspecified atom stereocenters. The molecular formula is C26H45NO6S. The molecule has 4 aliphatic carbocycles. The minimum atomic E-state index is -4.90. The van der Waals surface area contributed by atoms with Gasteiger partial charge in [-0.3, -0.25) is 9.35 Å². The van der Waals surface area contributed by atoms with E-state index in [2.05, 4.69) is 20.8 Å². The molecule has 11 atom stereocenters. The smallest absolute Gasteiger partial charge is 0.330 e. The lowest BCUT2D eigenvalue weighted by atomic mass is 9.44. The highest BCUT2D eigenvalue weighted by atomic mass is 32.2. The first-order chi connectivity index (χ1) is 15.8. The summed E-state index contributed by atoms with van der Waals surface area (Å²) in [4.78, 5) is 11.7. The SMILES string of the molecule is C[C@H](CCC(O)C(N)C(=O)S(=O)(=O)O)[C@H]1CCC2C3C[C@H](O)C4CCCC[C@]4(C)C3CC[C@@]21C. The Labute approximate surface area is 205 Å².